The van der Waals surface area contributed by atoms with Crippen molar-refractivity contribution in [3.63, 3.8) is 0 Å². The van der Waals surface area contributed by atoms with Crippen LogP contribution in [-0.2, 0) is 22.3 Å². The fourth-order valence-electron chi connectivity index (χ4n) is 2.77. The summed E-state index contributed by atoms with van der Waals surface area (Å²) in [6.07, 6.45) is 2.18. The maximum absolute atomic E-state index is 5.89. The Morgan fingerprint density at radius 2 is 1.39 bits per heavy atom. The molecule has 1 aliphatic carbocycles. The lowest BCUT2D eigenvalue weighted by molar-refractivity contribution is -0.283. The molecule has 1 fully saturated rings. The highest BCUT2D eigenvalue weighted by Gasteiger charge is 2.45. The summed E-state index contributed by atoms with van der Waals surface area (Å²) < 4.78 is 14.5. The van der Waals surface area contributed by atoms with Crippen molar-refractivity contribution in [3.05, 3.63) is 30.4 Å². The number of hydrogen-bond donors (Lipinski definition) is 0. The van der Waals surface area contributed by atoms with Crippen molar-refractivity contribution in [1.29, 1.82) is 0 Å². The first-order valence-corrected chi connectivity index (χ1v) is 8.30. The second kappa shape index (κ2) is 4.56. The zero-order chi connectivity index (χ0) is 13.0. The van der Waals surface area contributed by atoms with Crippen LogP contribution in [0.4, 0.5) is 0 Å². The quantitative estimate of drug-likeness (QED) is 0.538. The molecular formula is C14H16I2O2. The highest BCUT2D eigenvalue weighted by molar-refractivity contribution is 14.1. The Labute approximate surface area is 135 Å². The Morgan fingerprint density at radius 3 is 1.83 bits per heavy atom. The van der Waals surface area contributed by atoms with E-state index in [1.807, 2.05) is 13.8 Å². The van der Waals surface area contributed by atoms with Gasteiger partial charge in [0.2, 0.25) is 0 Å². The number of fused-ring (bicyclic) bond motifs is 1. The summed E-state index contributed by atoms with van der Waals surface area (Å²) in [5.41, 5.74) is 3.18. The fourth-order valence-corrected chi connectivity index (χ4v) is 4.16. The summed E-state index contributed by atoms with van der Waals surface area (Å²) in [7, 11) is 0. The molecule has 1 aromatic rings. The second-order valence-corrected chi connectivity index (χ2v) is 8.14. The molecule has 0 bridgehead atoms. The Hall–Kier alpha value is 0.600. The molecule has 2 nitrogen and oxygen atoms in total. The molecule has 0 unspecified atom stereocenters. The molecule has 1 aliphatic heterocycles. The van der Waals surface area contributed by atoms with Crippen LogP contribution >= 0.6 is 45.2 Å². The molecule has 0 atom stereocenters. The van der Waals surface area contributed by atoms with E-state index in [9.17, 15) is 0 Å². The molecule has 0 aromatic heterocycles. The van der Waals surface area contributed by atoms with Crippen LogP contribution in [0.2, 0.25) is 0 Å². The largest absolute Gasteiger partial charge is 0.350 e. The smallest absolute Gasteiger partial charge is 0.162 e. The number of rotatable bonds is 0. The third-order valence-corrected chi connectivity index (χ3v) is 5.89. The Morgan fingerprint density at radius 1 is 0.944 bits per heavy atom. The zero-order valence-electron chi connectivity index (χ0n) is 10.6. The van der Waals surface area contributed by atoms with Gasteiger partial charge in [0.15, 0.2) is 5.79 Å². The molecule has 0 N–H and O–H groups in total. The lowest BCUT2D eigenvalue weighted by atomic mass is 9.85. The predicted octanol–water partition coefficient (Wildman–Crippen LogP) is 3.76. The maximum atomic E-state index is 5.89. The number of benzene rings is 1. The van der Waals surface area contributed by atoms with Gasteiger partial charge >= 0.3 is 0 Å². The number of ether oxygens (including phenoxy) is 2. The molecule has 4 heteroatoms. The molecule has 0 radical (unpaired) electrons. The SMILES string of the molecule is CC1(C)OCC2(CO1)Cc1c(I)ccc(I)c1C2. The van der Waals surface area contributed by atoms with Gasteiger partial charge in [-0.3, -0.25) is 0 Å². The second-order valence-electron chi connectivity index (χ2n) is 5.82. The minimum absolute atomic E-state index is 0.166. The van der Waals surface area contributed by atoms with Crippen LogP contribution in [0.25, 0.3) is 0 Å². The summed E-state index contributed by atoms with van der Waals surface area (Å²) in [6.45, 7) is 5.60. The third kappa shape index (κ3) is 2.33. The average Bonchev–Trinajstić information content (AvgIpc) is 2.70. The van der Waals surface area contributed by atoms with Crippen LogP contribution in [-0.4, -0.2) is 19.0 Å². The van der Waals surface area contributed by atoms with Crippen molar-refractivity contribution in [3.8, 4) is 0 Å². The summed E-state index contributed by atoms with van der Waals surface area (Å²) in [6, 6.07) is 4.43. The monoisotopic (exact) mass is 470 g/mol. The maximum Gasteiger partial charge on any atom is 0.162 e. The highest BCUT2D eigenvalue weighted by Crippen LogP contribution is 2.44. The molecule has 1 spiro atoms. The van der Waals surface area contributed by atoms with Crippen LogP contribution in [0.1, 0.15) is 25.0 Å². The van der Waals surface area contributed by atoms with E-state index in [1.165, 1.54) is 18.3 Å². The molecular weight excluding hydrogens is 454 g/mol. The van der Waals surface area contributed by atoms with E-state index in [4.69, 9.17) is 9.47 Å². The van der Waals surface area contributed by atoms with E-state index in [1.54, 1.807) is 0 Å². The summed E-state index contributed by atoms with van der Waals surface area (Å²) >= 11 is 4.89. The summed E-state index contributed by atoms with van der Waals surface area (Å²) in [5, 5.41) is 0. The van der Waals surface area contributed by atoms with E-state index in [-0.39, 0.29) is 5.41 Å². The lowest BCUT2D eigenvalue weighted by Gasteiger charge is -2.41. The first-order chi connectivity index (χ1) is 8.41. The molecule has 98 valence electrons. The minimum Gasteiger partial charge on any atom is -0.350 e. The fraction of sp³-hybridized carbons (Fsp3) is 0.571. The van der Waals surface area contributed by atoms with Crippen LogP contribution in [0, 0.1) is 12.6 Å². The topological polar surface area (TPSA) is 18.5 Å². The number of halogens is 2. The van der Waals surface area contributed by atoms with E-state index in [0.29, 0.717) is 0 Å². The van der Waals surface area contributed by atoms with E-state index < -0.39 is 5.79 Å². The van der Waals surface area contributed by atoms with Crippen molar-refractivity contribution in [2.45, 2.75) is 32.5 Å². The minimum atomic E-state index is -0.416. The standard InChI is InChI=1S/C14H16I2O2/c1-13(2)17-7-14(8-18-13)5-9-10(6-14)12(16)4-3-11(9)15/h3-4H,5-8H2,1-2H3. The van der Waals surface area contributed by atoms with Crippen LogP contribution < -0.4 is 0 Å². The summed E-state index contributed by atoms with van der Waals surface area (Å²) in [4.78, 5) is 0. The molecule has 2 aliphatic rings. The van der Waals surface area contributed by atoms with Crippen molar-refractivity contribution in [2.24, 2.45) is 5.41 Å². The zero-order valence-corrected chi connectivity index (χ0v) is 14.9. The molecule has 1 saturated heterocycles. The molecule has 0 amide bonds. The van der Waals surface area contributed by atoms with Gasteiger partial charge < -0.3 is 9.47 Å². The molecule has 1 heterocycles. The van der Waals surface area contributed by atoms with Gasteiger partial charge in [0.1, 0.15) is 0 Å². The van der Waals surface area contributed by atoms with Crippen molar-refractivity contribution < 1.29 is 9.47 Å². The first kappa shape index (κ1) is 13.6. The van der Waals surface area contributed by atoms with E-state index >= 15 is 0 Å². The molecule has 3 rings (SSSR count). The molecule has 0 saturated carbocycles. The highest BCUT2D eigenvalue weighted by atomic mass is 127. The third-order valence-electron chi connectivity index (χ3n) is 3.87. The van der Waals surface area contributed by atoms with Gasteiger partial charge in [-0.25, -0.2) is 0 Å². The number of hydrogen-bond acceptors (Lipinski definition) is 2. The predicted molar refractivity (Wildman–Crippen MR) is 87.7 cm³/mol. The normalized spacial score (nSPS) is 24.2. The Bertz CT molecular complexity index is 454. The molecule has 18 heavy (non-hydrogen) atoms. The van der Waals surface area contributed by atoms with Crippen molar-refractivity contribution >= 4 is 45.2 Å². The lowest BCUT2D eigenvalue weighted by Crippen LogP contribution is -2.47. The van der Waals surface area contributed by atoms with Gasteiger partial charge in [-0.15, -0.1) is 0 Å². The first-order valence-electron chi connectivity index (χ1n) is 6.15. The van der Waals surface area contributed by atoms with Gasteiger partial charge in [-0.05, 0) is 95.1 Å². The van der Waals surface area contributed by atoms with Gasteiger partial charge in [0.05, 0.1) is 13.2 Å². The Balaban J connectivity index is 1.89. The average molecular weight is 470 g/mol. The van der Waals surface area contributed by atoms with Gasteiger partial charge in [-0.2, -0.15) is 0 Å². The van der Waals surface area contributed by atoms with Gasteiger partial charge in [0.25, 0.3) is 0 Å². The van der Waals surface area contributed by atoms with E-state index in [2.05, 4.69) is 57.3 Å². The van der Waals surface area contributed by atoms with Crippen molar-refractivity contribution in [2.75, 3.05) is 13.2 Å². The van der Waals surface area contributed by atoms with Crippen LogP contribution in [0.15, 0.2) is 12.1 Å². The Kier molecular flexibility index (Phi) is 3.44. The van der Waals surface area contributed by atoms with Crippen LogP contribution in [0.3, 0.4) is 0 Å². The van der Waals surface area contributed by atoms with Crippen LogP contribution in [0.5, 0.6) is 0 Å². The van der Waals surface area contributed by atoms with Gasteiger partial charge in [-0.1, -0.05) is 0 Å². The van der Waals surface area contributed by atoms with E-state index in [0.717, 1.165) is 26.1 Å². The van der Waals surface area contributed by atoms with Gasteiger partial charge in [0, 0.05) is 12.6 Å². The molecule has 1 aromatic carbocycles. The van der Waals surface area contributed by atoms with Crippen molar-refractivity contribution in [1.82, 2.24) is 0 Å². The summed E-state index contributed by atoms with van der Waals surface area (Å²) in [5.74, 6) is -0.416.